The van der Waals surface area contributed by atoms with Crippen LogP contribution in [-0.2, 0) is 26.0 Å². The second kappa shape index (κ2) is 14.3. The van der Waals surface area contributed by atoms with Gasteiger partial charge in [-0.25, -0.2) is 8.42 Å². The maximum absolute atomic E-state index is 14.1. The molecule has 1 N–H and O–H groups in total. The third kappa shape index (κ3) is 7.86. The maximum atomic E-state index is 14.1. The Morgan fingerprint density at radius 2 is 1.52 bits per heavy atom. The number of para-hydroxylation sites is 1. The molecule has 0 spiro atoms. The number of nitrogens with zero attached hydrogens (tertiary/aromatic N) is 2. The molecule has 0 aliphatic heterocycles. The highest BCUT2D eigenvalue weighted by atomic mass is 35.5. The molecule has 0 bridgehead atoms. The number of carbonyl (C=O) groups is 2. The molecule has 0 heterocycles. The van der Waals surface area contributed by atoms with Crippen molar-refractivity contribution in [2.24, 2.45) is 0 Å². The third-order valence-electron chi connectivity index (χ3n) is 6.94. The number of amides is 2. The van der Waals surface area contributed by atoms with Crippen LogP contribution in [0.25, 0.3) is 0 Å². The van der Waals surface area contributed by atoms with Gasteiger partial charge in [-0.15, -0.1) is 0 Å². The number of halogens is 1. The van der Waals surface area contributed by atoms with Crippen LogP contribution in [0.15, 0.2) is 83.8 Å². The van der Waals surface area contributed by atoms with Crippen molar-refractivity contribution in [3.8, 4) is 0 Å². The van der Waals surface area contributed by atoms with Crippen molar-refractivity contribution in [2.45, 2.75) is 63.9 Å². The van der Waals surface area contributed by atoms with E-state index in [0.717, 1.165) is 16.3 Å². The summed E-state index contributed by atoms with van der Waals surface area (Å²) in [5, 5.41) is 3.40. The molecule has 0 aliphatic rings. The van der Waals surface area contributed by atoms with Gasteiger partial charge in [-0.3, -0.25) is 13.9 Å². The number of benzene rings is 3. The van der Waals surface area contributed by atoms with Crippen LogP contribution in [0.3, 0.4) is 0 Å². The number of hydrogen-bond donors (Lipinski definition) is 1. The number of carbonyl (C=O) groups excluding carboxylic acids is 2. The number of nitrogens with one attached hydrogen (secondary N) is 1. The zero-order chi connectivity index (χ0) is 29.3. The highest BCUT2D eigenvalue weighted by molar-refractivity contribution is 7.92. The van der Waals surface area contributed by atoms with E-state index >= 15 is 0 Å². The normalized spacial score (nSPS) is 12.8. The van der Waals surface area contributed by atoms with Crippen molar-refractivity contribution in [1.29, 1.82) is 0 Å². The molecule has 0 saturated carbocycles. The summed E-state index contributed by atoms with van der Waals surface area (Å²) >= 11 is 6.01. The van der Waals surface area contributed by atoms with Gasteiger partial charge in [0, 0.05) is 17.6 Å². The molecule has 2 atom stereocenters. The summed E-state index contributed by atoms with van der Waals surface area (Å²) in [5.41, 5.74) is 2.11. The Bertz CT molecular complexity index is 1380. The van der Waals surface area contributed by atoms with Crippen LogP contribution in [0, 0.1) is 6.92 Å². The number of anilines is 1. The van der Waals surface area contributed by atoms with Gasteiger partial charge in [0.15, 0.2) is 0 Å². The van der Waals surface area contributed by atoms with Gasteiger partial charge in [0.25, 0.3) is 10.0 Å². The van der Waals surface area contributed by atoms with Crippen molar-refractivity contribution >= 4 is 39.1 Å². The summed E-state index contributed by atoms with van der Waals surface area (Å²) in [5.74, 6) is -0.705. The predicted molar refractivity (Wildman–Crippen MR) is 161 cm³/mol. The minimum atomic E-state index is -4.14. The fraction of sp³-hybridized carbons (Fsp3) is 0.355. The van der Waals surface area contributed by atoms with Crippen LogP contribution >= 0.6 is 11.6 Å². The van der Waals surface area contributed by atoms with Gasteiger partial charge in [-0.2, -0.15) is 0 Å². The van der Waals surface area contributed by atoms with E-state index in [1.165, 1.54) is 29.2 Å². The van der Waals surface area contributed by atoms with Crippen molar-refractivity contribution in [2.75, 3.05) is 17.4 Å². The summed E-state index contributed by atoms with van der Waals surface area (Å²) in [6.07, 6.45) is 1.66. The van der Waals surface area contributed by atoms with E-state index in [1.54, 1.807) is 25.1 Å². The summed E-state index contributed by atoms with van der Waals surface area (Å²) in [6, 6.07) is 21.8. The van der Waals surface area contributed by atoms with E-state index in [1.807, 2.05) is 57.2 Å². The average Bonchev–Trinajstić information content (AvgIpc) is 2.94. The first-order valence-corrected chi connectivity index (χ1v) is 15.4. The lowest BCUT2D eigenvalue weighted by molar-refractivity contribution is -0.139. The highest BCUT2D eigenvalue weighted by Crippen LogP contribution is 2.28. The molecule has 0 unspecified atom stereocenters. The first kappa shape index (κ1) is 31.2. The summed E-state index contributed by atoms with van der Waals surface area (Å²) < 4.78 is 29.0. The first-order chi connectivity index (χ1) is 19.1. The zero-order valence-corrected chi connectivity index (χ0v) is 25.1. The monoisotopic (exact) mass is 583 g/mol. The molecule has 7 nitrogen and oxygen atoms in total. The van der Waals surface area contributed by atoms with Crippen molar-refractivity contribution in [1.82, 2.24) is 10.2 Å². The van der Waals surface area contributed by atoms with Gasteiger partial charge in [0.1, 0.15) is 12.6 Å². The van der Waals surface area contributed by atoms with Crippen LogP contribution in [0.1, 0.15) is 44.7 Å². The molecular formula is C31H38ClN3O4S. The quantitative estimate of drug-likeness (QED) is 0.283. The summed E-state index contributed by atoms with van der Waals surface area (Å²) in [6.45, 7) is 7.35. The van der Waals surface area contributed by atoms with E-state index in [2.05, 4.69) is 5.32 Å². The Morgan fingerprint density at radius 3 is 2.12 bits per heavy atom. The van der Waals surface area contributed by atoms with Gasteiger partial charge in [0.05, 0.1) is 10.6 Å². The van der Waals surface area contributed by atoms with Crippen LogP contribution < -0.4 is 9.62 Å². The summed E-state index contributed by atoms with van der Waals surface area (Å²) in [4.78, 5) is 28.9. The molecule has 0 aliphatic carbocycles. The Balaban J connectivity index is 2.02. The zero-order valence-electron chi connectivity index (χ0n) is 23.5. The van der Waals surface area contributed by atoms with E-state index in [9.17, 15) is 18.0 Å². The Hall–Kier alpha value is -3.36. The van der Waals surface area contributed by atoms with Gasteiger partial charge >= 0.3 is 0 Å². The third-order valence-corrected chi connectivity index (χ3v) is 8.96. The van der Waals surface area contributed by atoms with Crippen LogP contribution in [0.4, 0.5) is 5.69 Å². The lowest BCUT2D eigenvalue weighted by Gasteiger charge is -2.34. The summed E-state index contributed by atoms with van der Waals surface area (Å²) in [7, 11) is -4.14. The van der Waals surface area contributed by atoms with Gasteiger partial charge in [-0.05, 0) is 74.6 Å². The fourth-order valence-electron chi connectivity index (χ4n) is 4.43. The van der Waals surface area contributed by atoms with Crippen molar-refractivity contribution in [3.63, 3.8) is 0 Å². The highest BCUT2D eigenvalue weighted by Gasteiger charge is 2.34. The molecule has 0 saturated heterocycles. The number of sulfonamides is 1. The molecule has 0 radical (unpaired) electrons. The first-order valence-electron chi connectivity index (χ1n) is 13.6. The van der Waals surface area contributed by atoms with E-state index in [4.69, 9.17) is 11.6 Å². The Labute approximate surface area is 243 Å². The lowest BCUT2D eigenvalue weighted by atomic mass is 10.1. The van der Waals surface area contributed by atoms with Gasteiger partial charge < -0.3 is 10.2 Å². The Kier molecular flexibility index (Phi) is 11.2. The molecule has 2 amide bonds. The molecule has 0 fully saturated rings. The number of aryl methyl sites for hydroxylation is 1. The number of hydrogen-bond acceptors (Lipinski definition) is 4. The number of rotatable bonds is 13. The van der Waals surface area contributed by atoms with Gasteiger partial charge in [-0.1, -0.05) is 74.0 Å². The van der Waals surface area contributed by atoms with E-state index in [0.29, 0.717) is 29.1 Å². The van der Waals surface area contributed by atoms with Crippen molar-refractivity contribution < 1.29 is 18.0 Å². The largest absolute Gasteiger partial charge is 0.352 e. The molecule has 214 valence electrons. The predicted octanol–water partition coefficient (Wildman–Crippen LogP) is 5.61. The second-order valence-electron chi connectivity index (χ2n) is 9.82. The Morgan fingerprint density at radius 1 is 0.900 bits per heavy atom. The topological polar surface area (TPSA) is 86.8 Å². The fourth-order valence-corrected chi connectivity index (χ4v) is 6.03. The molecule has 3 rings (SSSR count). The van der Waals surface area contributed by atoms with Crippen LogP contribution in [0.5, 0.6) is 0 Å². The average molecular weight is 584 g/mol. The van der Waals surface area contributed by atoms with E-state index < -0.39 is 28.5 Å². The molecular weight excluding hydrogens is 546 g/mol. The standard InChI is InChI=1S/C31H38ClN3O4S/c1-5-24(4)33-31(37)28(6-2)34(21-20-25-13-8-7-9-14-25)30(36)22-35(29-15-11-10-12-23(29)3)40(38,39)27-18-16-26(32)17-19-27/h7-19,24,28H,5-6,20-22H2,1-4H3,(H,33,37)/t24-,28-/m1/s1. The molecule has 40 heavy (non-hydrogen) atoms. The second-order valence-corrected chi connectivity index (χ2v) is 12.1. The van der Waals surface area contributed by atoms with Crippen molar-refractivity contribution in [3.05, 3.63) is 95.0 Å². The van der Waals surface area contributed by atoms with Crippen LogP contribution in [-0.4, -0.2) is 50.3 Å². The molecule has 3 aromatic rings. The van der Waals surface area contributed by atoms with Crippen LogP contribution in [0.2, 0.25) is 5.02 Å². The van der Waals surface area contributed by atoms with Gasteiger partial charge in [0.2, 0.25) is 11.8 Å². The SMILES string of the molecule is CC[C@@H](C)NC(=O)[C@@H](CC)N(CCc1ccccc1)C(=O)CN(c1ccccc1C)S(=O)(=O)c1ccc(Cl)cc1. The molecule has 3 aromatic carbocycles. The van der Waals surface area contributed by atoms with E-state index in [-0.39, 0.29) is 23.4 Å². The minimum absolute atomic E-state index is 0.0188. The molecule has 9 heteroatoms. The smallest absolute Gasteiger partial charge is 0.264 e. The molecule has 0 aromatic heterocycles. The maximum Gasteiger partial charge on any atom is 0.264 e. The lowest BCUT2D eigenvalue weighted by Crippen LogP contribution is -2.54. The minimum Gasteiger partial charge on any atom is -0.352 e.